The molecule has 0 saturated carbocycles. The standard InChI is InChI=1S/C12H24N6S/c1-12(2,8-18(3)4)7-14-9-6-10(17-13)16-11(15-9)19-5/h6H,7-8,13H2,1-5H3,(H2,14,15,16,17). The van der Waals surface area contributed by atoms with Crippen molar-refractivity contribution in [1.29, 1.82) is 0 Å². The third-order valence-electron chi connectivity index (χ3n) is 2.53. The molecule has 0 bridgehead atoms. The maximum atomic E-state index is 5.41. The van der Waals surface area contributed by atoms with E-state index in [9.17, 15) is 0 Å². The highest BCUT2D eigenvalue weighted by Gasteiger charge is 2.19. The highest BCUT2D eigenvalue weighted by molar-refractivity contribution is 7.98. The molecule has 7 heteroatoms. The average Bonchev–Trinajstić information content (AvgIpc) is 2.34. The van der Waals surface area contributed by atoms with Crippen LogP contribution < -0.4 is 16.6 Å². The molecule has 6 nitrogen and oxygen atoms in total. The fourth-order valence-electron chi connectivity index (χ4n) is 1.92. The van der Waals surface area contributed by atoms with Crippen LogP contribution in [0.1, 0.15) is 13.8 Å². The molecule has 0 aromatic carbocycles. The van der Waals surface area contributed by atoms with Crippen LogP contribution in [0.4, 0.5) is 11.6 Å². The summed E-state index contributed by atoms with van der Waals surface area (Å²) in [5.74, 6) is 6.81. The molecule has 108 valence electrons. The van der Waals surface area contributed by atoms with Crippen molar-refractivity contribution in [2.24, 2.45) is 11.3 Å². The number of nitrogens with zero attached hydrogens (tertiary/aromatic N) is 3. The third-order valence-corrected chi connectivity index (χ3v) is 3.08. The molecule has 0 spiro atoms. The Balaban J connectivity index is 2.71. The number of rotatable bonds is 7. The number of hydrazine groups is 1. The van der Waals surface area contributed by atoms with Crippen molar-refractivity contribution in [1.82, 2.24) is 14.9 Å². The van der Waals surface area contributed by atoms with Crippen LogP contribution in [0.5, 0.6) is 0 Å². The zero-order valence-corrected chi connectivity index (χ0v) is 13.1. The Morgan fingerprint density at radius 3 is 2.47 bits per heavy atom. The number of nitrogen functional groups attached to an aromatic ring is 1. The summed E-state index contributed by atoms with van der Waals surface area (Å²) in [4.78, 5) is 10.8. The summed E-state index contributed by atoms with van der Waals surface area (Å²) in [6, 6.07) is 1.81. The summed E-state index contributed by atoms with van der Waals surface area (Å²) in [7, 11) is 4.16. The van der Waals surface area contributed by atoms with Crippen LogP contribution in [0.2, 0.25) is 0 Å². The number of nitrogens with one attached hydrogen (secondary N) is 2. The van der Waals surface area contributed by atoms with Crippen LogP contribution in [0.15, 0.2) is 11.2 Å². The van der Waals surface area contributed by atoms with E-state index in [1.807, 2.05) is 12.3 Å². The number of anilines is 2. The molecule has 0 amide bonds. The van der Waals surface area contributed by atoms with E-state index >= 15 is 0 Å². The predicted molar refractivity (Wildman–Crippen MR) is 82.4 cm³/mol. The fraction of sp³-hybridized carbons (Fsp3) is 0.667. The number of hydrogen-bond acceptors (Lipinski definition) is 7. The quantitative estimate of drug-likeness (QED) is 0.303. The predicted octanol–water partition coefficient (Wildman–Crippen LogP) is 1.48. The van der Waals surface area contributed by atoms with Gasteiger partial charge in [-0.25, -0.2) is 15.8 Å². The molecule has 19 heavy (non-hydrogen) atoms. The van der Waals surface area contributed by atoms with E-state index in [1.54, 1.807) is 0 Å². The minimum Gasteiger partial charge on any atom is -0.369 e. The summed E-state index contributed by atoms with van der Waals surface area (Å²) in [5, 5.41) is 4.05. The van der Waals surface area contributed by atoms with Crippen molar-refractivity contribution in [3.63, 3.8) is 0 Å². The van der Waals surface area contributed by atoms with E-state index in [0.717, 1.165) is 18.9 Å². The molecule has 0 aliphatic rings. The Morgan fingerprint density at radius 2 is 1.95 bits per heavy atom. The van der Waals surface area contributed by atoms with Gasteiger partial charge in [-0.1, -0.05) is 25.6 Å². The van der Waals surface area contributed by atoms with Gasteiger partial charge in [-0.05, 0) is 25.8 Å². The Bertz CT molecular complexity index is 385. The van der Waals surface area contributed by atoms with Gasteiger partial charge in [-0.2, -0.15) is 0 Å². The molecular weight excluding hydrogens is 260 g/mol. The lowest BCUT2D eigenvalue weighted by atomic mass is 9.93. The zero-order valence-electron chi connectivity index (χ0n) is 12.3. The molecule has 4 N–H and O–H groups in total. The highest BCUT2D eigenvalue weighted by atomic mass is 32.2. The SMILES string of the molecule is CSc1nc(NN)cc(NCC(C)(C)CN(C)C)n1. The maximum Gasteiger partial charge on any atom is 0.191 e. The van der Waals surface area contributed by atoms with E-state index in [0.29, 0.717) is 11.0 Å². The lowest BCUT2D eigenvalue weighted by molar-refractivity contribution is 0.254. The van der Waals surface area contributed by atoms with Crippen LogP contribution in [0.25, 0.3) is 0 Å². The molecule has 0 radical (unpaired) electrons. The first-order valence-electron chi connectivity index (χ1n) is 6.14. The van der Waals surface area contributed by atoms with Gasteiger partial charge in [-0.3, -0.25) is 0 Å². The molecule has 1 aromatic heterocycles. The van der Waals surface area contributed by atoms with Gasteiger partial charge < -0.3 is 15.6 Å². The third kappa shape index (κ3) is 5.63. The monoisotopic (exact) mass is 284 g/mol. The van der Waals surface area contributed by atoms with Crippen LogP contribution in [0, 0.1) is 5.41 Å². The molecule has 1 aromatic rings. The smallest absolute Gasteiger partial charge is 0.191 e. The molecule has 1 heterocycles. The molecule has 0 aliphatic heterocycles. The molecule has 0 fully saturated rings. The van der Waals surface area contributed by atoms with E-state index < -0.39 is 0 Å². The van der Waals surface area contributed by atoms with Gasteiger partial charge in [0.2, 0.25) is 0 Å². The van der Waals surface area contributed by atoms with Gasteiger partial charge in [-0.15, -0.1) is 0 Å². The van der Waals surface area contributed by atoms with Gasteiger partial charge in [0.05, 0.1) is 0 Å². The first-order chi connectivity index (χ1) is 8.86. The van der Waals surface area contributed by atoms with Gasteiger partial charge in [0.25, 0.3) is 0 Å². The van der Waals surface area contributed by atoms with Crippen LogP contribution in [-0.4, -0.2) is 48.3 Å². The second-order valence-electron chi connectivity index (χ2n) is 5.53. The molecule has 1 rings (SSSR count). The van der Waals surface area contributed by atoms with Crippen molar-refractivity contribution < 1.29 is 0 Å². The van der Waals surface area contributed by atoms with Gasteiger partial charge in [0, 0.05) is 19.2 Å². The van der Waals surface area contributed by atoms with Crippen LogP contribution >= 0.6 is 11.8 Å². The Kier molecular flexibility index (Phi) is 5.84. The lowest BCUT2D eigenvalue weighted by Crippen LogP contribution is -2.34. The Morgan fingerprint density at radius 1 is 1.32 bits per heavy atom. The summed E-state index contributed by atoms with van der Waals surface area (Å²) in [6.45, 7) is 6.28. The van der Waals surface area contributed by atoms with Crippen molar-refractivity contribution in [2.45, 2.75) is 19.0 Å². The van der Waals surface area contributed by atoms with Gasteiger partial charge >= 0.3 is 0 Å². The Hall–Kier alpha value is -1.05. The van der Waals surface area contributed by atoms with Crippen molar-refractivity contribution in [2.75, 3.05) is 44.2 Å². The minimum absolute atomic E-state index is 0.157. The number of thioether (sulfide) groups is 1. The molecular formula is C12H24N6S. The highest BCUT2D eigenvalue weighted by Crippen LogP contribution is 2.20. The van der Waals surface area contributed by atoms with E-state index in [-0.39, 0.29) is 5.41 Å². The molecule has 0 saturated heterocycles. The normalized spacial score (nSPS) is 11.7. The van der Waals surface area contributed by atoms with Crippen LogP contribution in [0.3, 0.4) is 0 Å². The summed E-state index contributed by atoms with van der Waals surface area (Å²) in [5.41, 5.74) is 2.72. The van der Waals surface area contributed by atoms with Crippen molar-refractivity contribution >= 4 is 23.4 Å². The summed E-state index contributed by atoms with van der Waals surface area (Å²) in [6.07, 6.45) is 1.94. The fourth-order valence-corrected chi connectivity index (χ4v) is 2.30. The second kappa shape index (κ2) is 6.93. The van der Waals surface area contributed by atoms with Gasteiger partial charge in [0.15, 0.2) is 5.16 Å². The van der Waals surface area contributed by atoms with E-state index in [2.05, 4.69) is 53.6 Å². The maximum absolute atomic E-state index is 5.41. The largest absolute Gasteiger partial charge is 0.369 e. The summed E-state index contributed by atoms with van der Waals surface area (Å²) < 4.78 is 0. The number of nitrogens with two attached hydrogens (primary N) is 1. The Labute approximate surface area is 119 Å². The molecule has 0 unspecified atom stereocenters. The molecule has 0 atom stereocenters. The second-order valence-corrected chi connectivity index (χ2v) is 6.30. The summed E-state index contributed by atoms with van der Waals surface area (Å²) >= 11 is 1.49. The topological polar surface area (TPSA) is 79.1 Å². The van der Waals surface area contributed by atoms with Crippen molar-refractivity contribution in [3.8, 4) is 0 Å². The van der Waals surface area contributed by atoms with E-state index in [1.165, 1.54) is 11.8 Å². The van der Waals surface area contributed by atoms with Crippen LogP contribution in [-0.2, 0) is 0 Å². The zero-order chi connectivity index (χ0) is 14.5. The molecule has 0 aliphatic carbocycles. The lowest BCUT2D eigenvalue weighted by Gasteiger charge is -2.28. The van der Waals surface area contributed by atoms with Crippen molar-refractivity contribution in [3.05, 3.63) is 6.07 Å². The first-order valence-corrected chi connectivity index (χ1v) is 7.37. The van der Waals surface area contributed by atoms with Gasteiger partial charge in [0.1, 0.15) is 11.6 Å². The van der Waals surface area contributed by atoms with E-state index in [4.69, 9.17) is 5.84 Å². The number of hydrogen-bond donors (Lipinski definition) is 3. The first kappa shape index (κ1) is 16.0. The average molecular weight is 284 g/mol. The number of aromatic nitrogens is 2. The minimum atomic E-state index is 0.157.